The summed E-state index contributed by atoms with van der Waals surface area (Å²) in [4.78, 5) is 20.5. The summed E-state index contributed by atoms with van der Waals surface area (Å²) < 4.78 is 5.73. The summed E-state index contributed by atoms with van der Waals surface area (Å²) in [5.41, 5.74) is 4.44. The van der Waals surface area contributed by atoms with Gasteiger partial charge in [-0.3, -0.25) is 10.1 Å². The first-order valence-corrected chi connectivity index (χ1v) is 9.40. The van der Waals surface area contributed by atoms with E-state index < -0.39 is 0 Å². The maximum absolute atomic E-state index is 12.7. The predicted molar refractivity (Wildman–Crippen MR) is 108 cm³/mol. The number of nitrogens with one attached hydrogen (secondary N) is 2. The van der Waals surface area contributed by atoms with E-state index in [4.69, 9.17) is 4.42 Å². The van der Waals surface area contributed by atoms with Crippen molar-refractivity contribution in [2.45, 2.75) is 6.92 Å². The molecule has 0 aliphatic heterocycles. The summed E-state index contributed by atoms with van der Waals surface area (Å²) in [6, 6.07) is 15.7. The van der Waals surface area contributed by atoms with Crippen LogP contribution in [0.1, 0.15) is 16.1 Å². The Morgan fingerprint density at radius 1 is 1.11 bits per heavy atom. The molecule has 0 spiro atoms. The van der Waals surface area contributed by atoms with Crippen molar-refractivity contribution in [1.29, 1.82) is 0 Å². The van der Waals surface area contributed by atoms with E-state index >= 15 is 0 Å². The molecule has 5 aromatic rings. The van der Waals surface area contributed by atoms with E-state index in [0.717, 1.165) is 33.1 Å². The average Bonchev–Trinajstić information content (AvgIpc) is 3.39. The minimum absolute atomic E-state index is 0.288. The van der Waals surface area contributed by atoms with Crippen molar-refractivity contribution < 1.29 is 9.21 Å². The molecule has 0 fully saturated rings. The van der Waals surface area contributed by atoms with Crippen LogP contribution in [0.3, 0.4) is 0 Å². The lowest BCUT2D eigenvalue weighted by Gasteiger charge is -1.99. The van der Waals surface area contributed by atoms with Gasteiger partial charge >= 0.3 is 0 Å². The largest absolute Gasteiger partial charge is 0.451 e. The number of anilines is 1. The molecule has 5 rings (SSSR count). The molecule has 0 aliphatic rings. The molecule has 2 aromatic carbocycles. The highest BCUT2D eigenvalue weighted by atomic mass is 32.1. The molecule has 0 bridgehead atoms. The van der Waals surface area contributed by atoms with Gasteiger partial charge in [-0.25, -0.2) is 4.98 Å². The first-order chi connectivity index (χ1) is 13.2. The van der Waals surface area contributed by atoms with Crippen molar-refractivity contribution >= 4 is 44.2 Å². The molecule has 0 unspecified atom stereocenters. The van der Waals surface area contributed by atoms with Crippen molar-refractivity contribution in [3.63, 3.8) is 0 Å². The molecule has 0 atom stereocenters. The molecule has 6 heteroatoms. The number of carbonyl (C=O) groups excluding carboxylic acids is 1. The van der Waals surface area contributed by atoms with Gasteiger partial charge in [0.15, 0.2) is 10.9 Å². The summed E-state index contributed by atoms with van der Waals surface area (Å²) in [5, 5.41) is 7.39. The van der Waals surface area contributed by atoms with Gasteiger partial charge in [0.1, 0.15) is 5.58 Å². The molecule has 0 saturated carbocycles. The van der Waals surface area contributed by atoms with E-state index in [1.807, 2.05) is 61.0 Å². The van der Waals surface area contributed by atoms with E-state index in [0.29, 0.717) is 16.5 Å². The second-order valence-corrected chi connectivity index (χ2v) is 7.15. The van der Waals surface area contributed by atoms with Crippen LogP contribution >= 0.6 is 11.3 Å². The molecule has 2 N–H and O–H groups in total. The van der Waals surface area contributed by atoms with Crippen LogP contribution in [0.4, 0.5) is 5.13 Å². The van der Waals surface area contributed by atoms with E-state index in [9.17, 15) is 4.79 Å². The number of hydrogen-bond donors (Lipinski definition) is 2. The first kappa shape index (κ1) is 15.8. The van der Waals surface area contributed by atoms with Crippen LogP contribution in [-0.2, 0) is 0 Å². The SMILES string of the molecule is Cc1c(C(=O)Nc2nc(-c3c[nH]c4ccccc34)cs2)oc2ccccc12. The number of aromatic amines is 1. The highest BCUT2D eigenvalue weighted by molar-refractivity contribution is 7.14. The van der Waals surface area contributed by atoms with E-state index in [1.54, 1.807) is 0 Å². The number of benzene rings is 2. The number of H-pyrrole nitrogens is 1. The highest BCUT2D eigenvalue weighted by Crippen LogP contribution is 2.31. The lowest BCUT2D eigenvalue weighted by atomic mass is 10.1. The number of carbonyl (C=O) groups is 1. The molecule has 0 saturated heterocycles. The fourth-order valence-corrected chi connectivity index (χ4v) is 3.99. The monoisotopic (exact) mass is 373 g/mol. The van der Waals surface area contributed by atoms with Crippen LogP contribution in [-0.4, -0.2) is 15.9 Å². The fourth-order valence-electron chi connectivity index (χ4n) is 3.28. The molecular weight excluding hydrogens is 358 g/mol. The molecule has 1 amide bonds. The van der Waals surface area contributed by atoms with Crippen LogP contribution in [0.15, 0.2) is 64.5 Å². The Bertz CT molecular complexity index is 1300. The van der Waals surface area contributed by atoms with Crippen molar-refractivity contribution in [3.05, 3.63) is 71.4 Å². The number of hydrogen-bond acceptors (Lipinski definition) is 4. The minimum atomic E-state index is -0.288. The number of para-hydroxylation sites is 2. The summed E-state index contributed by atoms with van der Waals surface area (Å²) in [6.07, 6.45) is 1.94. The van der Waals surface area contributed by atoms with Gasteiger partial charge in [0.25, 0.3) is 5.91 Å². The maximum atomic E-state index is 12.7. The molecule has 5 nitrogen and oxygen atoms in total. The number of rotatable bonds is 3. The Hall–Kier alpha value is -3.38. The van der Waals surface area contributed by atoms with E-state index in [1.165, 1.54) is 11.3 Å². The van der Waals surface area contributed by atoms with E-state index in [2.05, 4.69) is 21.4 Å². The number of nitrogens with zero attached hydrogens (tertiary/aromatic N) is 1. The lowest BCUT2D eigenvalue weighted by Crippen LogP contribution is -2.11. The molecule has 3 aromatic heterocycles. The molecular formula is C21H15N3O2S. The zero-order chi connectivity index (χ0) is 18.4. The Morgan fingerprint density at radius 3 is 2.74 bits per heavy atom. The summed E-state index contributed by atoms with van der Waals surface area (Å²) >= 11 is 1.39. The zero-order valence-electron chi connectivity index (χ0n) is 14.4. The number of furan rings is 1. The van der Waals surface area contributed by atoms with Crippen LogP contribution in [0.2, 0.25) is 0 Å². The number of amides is 1. The molecule has 3 heterocycles. The average molecular weight is 373 g/mol. The Labute approximate surface area is 158 Å². The van der Waals surface area contributed by atoms with Crippen molar-refractivity contribution in [2.24, 2.45) is 0 Å². The summed E-state index contributed by atoms with van der Waals surface area (Å²) in [5.74, 6) is 0.0311. The molecule has 132 valence electrons. The van der Waals surface area contributed by atoms with Gasteiger partial charge in [0.05, 0.1) is 5.69 Å². The van der Waals surface area contributed by atoms with E-state index in [-0.39, 0.29) is 5.91 Å². The second kappa shape index (κ2) is 6.10. The topological polar surface area (TPSA) is 70.9 Å². The predicted octanol–water partition coefficient (Wildman–Crippen LogP) is 5.60. The highest BCUT2D eigenvalue weighted by Gasteiger charge is 2.19. The normalized spacial score (nSPS) is 11.3. The Kier molecular flexibility index (Phi) is 3.58. The fraction of sp³-hybridized carbons (Fsp3) is 0.0476. The third kappa shape index (κ3) is 2.62. The third-order valence-electron chi connectivity index (χ3n) is 4.64. The lowest BCUT2D eigenvalue weighted by molar-refractivity contribution is 0.0998. The van der Waals surface area contributed by atoms with Gasteiger partial charge in [-0.2, -0.15) is 0 Å². The quantitative estimate of drug-likeness (QED) is 0.432. The minimum Gasteiger partial charge on any atom is -0.451 e. The summed E-state index contributed by atoms with van der Waals surface area (Å²) in [6.45, 7) is 1.89. The van der Waals surface area contributed by atoms with Crippen LogP contribution in [0.5, 0.6) is 0 Å². The molecule has 0 aliphatic carbocycles. The Balaban J connectivity index is 1.45. The number of aromatic nitrogens is 2. The van der Waals surface area contributed by atoms with Gasteiger partial charge in [0.2, 0.25) is 0 Å². The van der Waals surface area contributed by atoms with Crippen molar-refractivity contribution in [2.75, 3.05) is 5.32 Å². The molecule has 27 heavy (non-hydrogen) atoms. The van der Waals surface area contributed by atoms with Crippen LogP contribution in [0, 0.1) is 6.92 Å². The van der Waals surface area contributed by atoms with Gasteiger partial charge in [0, 0.05) is 39.0 Å². The second-order valence-electron chi connectivity index (χ2n) is 6.29. The smallest absolute Gasteiger partial charge is 0.293 e. The maximum Gasteiger partial charge on any atom is 0.293 e. The standard InChI is InChI=1S/C21H15N3O2S/c1-12-13-6-3-5-9-18(13)26-19(12)20(25)24-21-23-17(11-27-21)15-10-22-16-8-4-2-7-14(15)16/h2-11,22H,1H3,(H,23,24,25). The van der Waals surface area contributed by atoms with Crippen molar-refractivity contribution in [1.82, 2.24) is 9.97 Å². The van der Waals surface area contributed by atoms with Crippen LogP contribution < -0.4 is 5.32 Å². The number of fused-ring (bicyclic) bond motifs is 2. The van der Waals surface area contributed by atoms with Gasteiger partial charge in [-0.1, -0.05) is 36.4 Å². The van der Waals surface area contributed by atoms with Gasteiger partial charge < -0.3 is 9.40 Å². The zero-order valence-corrected chi connectivity index (χ0v) is 15.3. The van der Waals surface area contributed by atoms with Gasteiger partial charge in [-0.05, 0) is 19.1 Å². The summed E-state index contributed by atoms with van der Waals surface area (Å²) in [7, 11) is 0. The molecule has 0 radical (unpaired) electrons. The van der Waals surface area contributed by atoms with Crippen molar-refractivity contribution in [3.8, 4) is 11.3 Å². The Morgan fingerprint density at radius 2 is 1.89 bits per heavy atom. The third-order valence-corrected chi connectivity index (χ3v) is 5.40. The first-order valence-electron chi connectivity index (χ1n) is 8.52. The van der Waals surface area contributed by atoms with Crippen LogP contribution in [0.25, 0.3) is 33.1 Å². The number of thiazole rings is 1. The van der Waals surface area contributed by atoms with Gasteiger partial charge in [-0.15, -0.1) is 11.3 Å². The number of aryl methyl sites for hydroxylation is 1.